The predicted octanol–water partition coefficient (Wildman–Crippen LogP) is 3.81. The van der Waals surface area contributed by atoms with Crippen molar-refractivity contribution >= 4 is 0 Å². The van der Waals surface area contributed by atoms with Gasteiger partial charge in [0.15, 0.2) is 11.6 Å². The molecule has 0 radical (unpaired) electrons. The van der Waals surface area contributed by atoms with Crippen molar-refractivity contribution < 1.29 is 9.13 Å². The molecule has 1 aromatic carbocycles. The van der Waals surface area contributed by atoms with Gasteiger partial charge in [0.1, 0.15) is 0 Å². The molecule has 0 heterocycles. The van der Waals surface area contributed by atoms with Gasteiger partial charge in [-0.2, -0.15) is 0 Å². The minimum atomic E-state index is -0.232. The minimum Gasteiger partial charge on any atom is -0.493 e. The number of aryl methyl sites for hydroxylation is 1. The number of rotatable bonds is 6. The van der Waals surface area contributed by atoms with Crippen LogP contribution in [0.25, 0.3) is 0 Å². The lowest BCUT2D eigenvalue weighted by atomic mass is 9.86. The fourth-order valence-corrected chi connectivity index (χ4v) is 3.34. The summed E-state index contributed by atoms with van der Waals surface area (Å²) >= 11 is 0. The van der Waals surface area contributed by atoms with E-state index >= 15 is 0 Å². The molecule has 0 aromatic heterocycles. The van der Waals surface area contributed by atoms with E-state index in [0.717, 1.165) is 31.5 Å². The van der Waals surface area contributed by atoms with E-state index in [9.17, 15) is 4.39 Å². The molecule has 0 bridgehead atoms. The third-order valence-electron chi connectivity index (χ3n) is 4.24. The summed E-state index contributed by atoms with van der Waals surface area (Å²) in [6, 6.07) is 3.99. The van der Waals surface area contributed by atoms with Gasteiger partial charge >= 0.3 is 0 Å². The van der Waals surface area contributed by atoms with E-state index in [1.54, 1.807) is 7.11 Å². The van der Waals surface area contributed by atoms with Crippen LogP contribution in [0, 0.1) is 5.82 Å². The van der Waals surface area contributed by atoms with Crippen molar-refractivity contribution in [2.45, 2.75) is 52.0 Å². The Morgan fingerprint density at radius 3 is 2.55 bits per heavy atom. The first-order valence-corrected chi connectivity index (χ1v) is 7.79. The van der Waals surface area contributed by atoms with Crippen molar-refractivity contribution in [2.24, 2.45) is 0 Å². The van der Waals surface area contributed by atoms with Gasteiger partial charge in [-0.05, 0) is 56.8 Å². The molecule has 1 aromatic rings. The van der Waals surface area contributed by atoms with Crippen molar-refractivity contribution in [1.29, 1.82) is 0 Å². The Balaban J connectivity index is 2.22. The van der Waals surface area contributed by atoms with Crippen LogP contribution in [-0.4, -0.2) is 31.1 Å². The van der Waals surface area contributed by atoms with Crippen LogP contribution in [-0.2, 0) is 12.8 Å². The molecule has 0 saturated carbocycles. The van der Waals surface area contributed by atoms with Gasteiger partial charge < -0.3 is 9.64 Å². The van der Waals surface area contributed by atoms with Crippen molar-refractivity contribution in [3.63, 3.8) is 0 Å². The van der Waals surface area contributed by atoms with Crippen molar-refractivity contribution in [1.82, 2.24) is 4.90 Å². The largest absolute Gasteiger partial charge is 0.493 e. The molecular weight excluding hydrogens is 253 g/mol. The van der Waals surface area contributed by atoms with Gasteiger partial charge in [-0.1, -0.05) is 19.9 Å². The Bertz CT molecular complexity index is 441. The highest BCUT2D eigenvalue weighted by Gasteiger charge is 2.26. The van der Waals surface area contributed by atoms with E-state index < -0.39 is 0 Å². The first-order chi connectivity index (χ1) is 9.71. The normalized spacial score (nSPS) is 18.1. The quantitative estimate of drug-likeness (QED) is 0.785. The zero-order valence-electron chi connectivity index (χ0n) is 12.9. The van der Waals surface area contributed by atoms with Crippen LogP contribution in [0.15, 0.2) is 12.1 Å². The molecule has 2 rings (SSSR count). The number of nitrogens with zero attached hydrogens (tertiary/aromatic N) is 1. The van der Waals surface area contributed by atoms with Crippen LogP contribution in [0.2, 0.25) is 0 Å². The molecule has 1 unspecified atom stereocenters. The molecule has 2 nitrogen and oxygen atoms in total. The maximum absolute atomic E-state index is 13.9. The van der Waals surface area contributed by atoms with Crippen molar-refractivity contribution in [3.05, 3.63) is 29.1 Å². The first-order valence-electron chi connectivity index (χ1n) is 7.79. The van der Waals surface area contributed by atoms with E-state index in [0.29, 0.717) is 11.8 Å². The fraction of sp³-hybridized carbons (Fsp3) is 0.647. The SMILES string of the molecule is CCCN(CCC)C1CCc2ccc(F)c(OC)c2C1. The third-order valence-corrected chi connectivity index (χ3v) is 4.24. The van der Waals surface area contributed by atoms with Gasteiger partial charge in [0.2, 0.25) is 0 Å². The molecular formula is C17H26FNO. The maximum atomic E-state index is 13.9. The second-order valence-corrected chi connectivity index (χ2v) is 5.65. The van der Waals surface area contributed by atoms with Crippen molar-refractivity contribution in [2.75, 3.05) is 20.2 Å². The van der Waals surface area contributed by atoms with Crippen LogP contribution in [0.4, 0.5) is 4.39 Å². The second-order valence-electron chi connectivity index (χ2n) is 5.65. The Morgan fingerprint density at radius 2 is 1.95 bits per heavy atom. The smallest absolute Gasteiger partial charge is 0.165 e. The molecule has 112 valence electrons. The van der Waals surface area contributed by atoms with Gasteiger partial charge in [0.05, 0.1) is 7.11 Å². The molecule has 0 N–H and O–H groups in total. The number of hydrogen-bond donors (Lipinski definition) is 0. The number of fused-ring (bicyclic) bond motifs is 1. The molecule has 0 aliphatic heterocycles. The van der Waals surface area contributed by atoms with Crippen LogP contribution in [0.5, 0.6) is 5.75 Å². The van der Waals surface area contributed by atoms with Crippen LogP contribution in [0.1, 0.15) is 44.2 Å². The topological polar surface area (TPSA) is 12.5 Å². The van der Waals surface area contributed by atoms with E-state index in [2.05, 4.69) is 18.7 Å². The fourth-order valence-electron chi connectivity index (χ4n) is 3.34. The molecule has 0 spiro atoms. The lowest BCUT2D eigenvalue weighted by Crippen LogP contribution is -2.40. The Hall–Kier alpha value is -1.09. The average Bonchev–Trinajstić information content (AvgIpc) is 2.46. The van der Waals surface area contributed by atoms with Crippen LogP contribution < -0.4 is 4.74 Å². The Morgan fingerprint density at radius 1 is 1.25 bits per heavy atom. The highest BCUT2D eigenvalue weighted by atomic mass is 19.1. The van der Waals surface area contributed by atoms with E-state index in [1.807, 2.05) is 6.07 Å². The highest BCUT2D eigenvalue weighted by Crippen LogP contribution is 2.33. The van der Waals surface area contributed by atoms with Crippen LogP contribution >= 0.6 is 0 Å². The summed E-state index contributed by atoms with van der Waals surface area (Å²) in [5.41, 5.74) is 2.34. The third kappa shape index (κ3) is 3.14. The zero-order valence-corrected chi connectivity index (χ0v) is 12.9. The summed E-state index contributed by atoms with van der Waals surface area (Å²) in [4.78, 5) is 2.56. The van der Waals surface area contributed by atoms with Gasteiger partial charge in [-0.15, -0.1) is 0 Å². The molecule has 0 fully saturated rings. The summed E-state index contributed by atoms with van der Waals surface area (Å²) < 4.78 is 19.2. The van der Waals surface area contributed by atoms with Crippen molar-refractivity contribution in [3.8, 4) is 5.75 Å². The summed E-state index contributed by atoms with van der Waals surface area (Å²) in [5, 5.41) is 0. The molecule has 1 aliphatic rings. The number of ether oxygens (including phenoxy) is 1. The van der Waals surface area contributed by atoms with Gasteiger partial charge in [-0.25, -0.2) is 4.39 Å². The monoisotopic (exact) mass is 279 g/mol. The lowest BCUT2D eigenvalue weighted by Gasteiger charge is -2.35. The van der Waals surface area contributed by atoms with E-state index in [4.69, 9.17) is 4.74 Å². The number of methoxy groups -OCH3 is 1. The zero-order chi connectivity index (χ0) is 14.5. The van der Waals surface area contributed by atoms with E-state index in [-0.39, 0.29) is 5.82 Å². The van der Waals surface area contributed by atoms with Gasteiger partial charge in [0, 0.05) is 11.6 Å². The average molecular weight is 279 g/mol. The minimum absolute atomic E-state index is 0.232. The Kier molecular flexibility index (Phi) is 5.41. The van der Waals surface area contributed by atoms with E-state index in [1.165, 1.54) is 30.9 Å². The molecule has 0 saturated heterocycles. The van der Waals surface area contributed by atoms with Gasteiger partial charge in [-0.3, -0.25) is 0 Å². The van der Waals surface area contributed by atoms with Crippen LogP contribution in [0.3, 0.4) is 0 Å². The number of halogens is 1. The number of hydrogen-bond acceptors (Lipinski definition) is 2. The highest BCUT2D eigenvalue weighted by molar-refractivity contribution is 5.43. The summed E-state index contributed by atoms with van der Waals surface area (Å²) in [6.07, 6.45) is 5.45. The van der Waals surface area contributed by atoms with Gasteiger partial charge in [0.25, 0.3) is 0 Å². The molecule has 0 amide bonds. The summed E-state index contributed by atoms with van der Waals surface area (Å²) in [5.74, 6) is 0.226. The standard InChI is InChI=1S/C17H26FNO/c1-4-10-19(11-5-2)14-8-6-13-7-9-16(18)17(20-3)15(13)12-14/h7,9,14H,4-6,8,10-12H2,1-3H3. The lowest BCUT2D eigenvalue weighted by molar-refractivity contribution is 0.178. The predicted molar refractivity (Wildman–Crippen MR) is 80.9 cm³/mol. The molecule has 3 heteroatoms. The first kappa shape index (κ1) is 15.3. The maximum Gasteiger partial charge on any atom is 0.165 e. The summed E-state index contributed by atoms with van der Waals surface area (Å²) in [6.45, 7) is 6.70. The Labute approximate surface area is 121 Å². The second kappa shape index (κ2) is 7.07. The molecule has 1 aliphatic carbocycles. The molecule has 1 atom stereocenters. The number of benzene rings is 1. The summed E-state index contributed by atoms with van der Waals surface area (Å²) in [7, 11) is 1.57. The molecule has 20 heavy (non-hydrogen) atoms.